The van der Waals surface area contributed by atoms with Gasteiger partial charge in [0.15, 0.2) is 0 Å². The van der Waals surface area contributed by atoms with Crippen molar-refractivity contribution in [1.29, 1.82) is 0 Å². The predicted molar refractivity (Wildman–Crippen MR) is 81.4 cm³/mol. The monoisotopic (exact) mass is 297 g/mol. The van der Waals surface area contributed by atoms with Gasteiger partial charge in [-0.05, 0) is 51.4 Å². The third kappa shape index (κ3) is 3.61. The highest BCUT2D eigenvalue weighted by molar-refractivity contribution is 6.32. The minimum absolute atomic E-state index is 0.0513. The zero-order chi connectivity index (χ0) is 14.7. The van der Waals surface area contributed by atoms with Gasteiger partial charge in [0.05, 0.1) is 4.92 Å². The highest BCUT2D eigenvalue weighted by Crippen LogP contribution is 2.29. The van der Waals surface area contributed by atoms with Crippen LogP contribution in [0.2, 0.25) is 5.02 Å². The minimum atomic E-state index is -0.452. The standard InChI is InChI=1S/C14H20ClN3O2/c1-10(11-4-3-7-17(2)9-11)16-12-5-6-13(15)14(8-12)18(19)20/h5-6,8,10-11,16H,3-4,7,9H2,1-2H3. The second-order valence-electron chi connectivity index (χ2n) is 5.52. The predicted octanol–water partition coefficient (Wildman–Crippen LogP) is 3.39. The number of hydrogen-bond donors (Lipinski definition) is 1. The number of nitrogens with one attached hydrogen (secondary N) is 1. The van der Waals surface area contributed by atoms with Crippen LogP contribution in [0.25, 0.3) is 0 Å². The third-order valence-corrected chi connectivity index (χ3v) is 4.22. The molecule has 0 radical (unpaired) electrons. The molecule has 6 heteroatoms. The maximum atomic E-state index is 10.9. The summed E-state index contributed by atoms with van der Waals surface area (Å²) in [7, 11) is 2.13. The first kappa shape index (κ1) is 15.1. The second kappa shape index (κ2) is 6.41. The normalized spacial score (nSPS) is 21.4. The Bertz CT molecular complexity index is 495. The van der Waals surface area contributed by atoms with Gasteiger partial charge in [0, 0.05) is 24.3 Å². The SMILES string of the molecule is CC(Nc1ccc(Cl)c([N+](=O)[O-])c1)C1CCCN(C)C1. The summed E-state index contributed by atoms with van der Waals surface area (Å²) < 4.78 is 0. The van der Waals surface area contributed by atoms with Crippen molar-refractivity contribution < 1.29 is 4.92 Å². The van der Waals surface area contributed by atoms with Crippen LogP contribution in [0.1, 0.15) is 19.8 Å². The number of rotatable bonds is 4. The number of nitro benzene ring substituents is 1. The zero-order valence-corrected chi connectivity index (χ0v) is 12.6. The van der Waals surface area contributed by atoms with E-state index in [0.29, 0.717) is 5.92 Å². The van der Waals surface area contributed by atoms with Gasteiger partial charge in [0.1, 0.15) is 5.02 Å². The van der Waals surface area contributed by atoms with Crippen LogP contribution in [-0.4, -0.2) is 36.0 Å². The number of likely N-dealkylation sites (tertiary alicyclic amines) is 1. The summed E-state index contributed by atoms with van der Waals surface area (Å²) in [5, 5.41) is 14.4. The maximum Gasteiger partial charge on any atom is 0.289 e. The van der Waals surface area contributed by atoms with Crippen LogP contribution in [0.15, 0.2) is 18.2 Å². The van der Waals surface area contributed by atoms with E-state index in [0.717, 1.165) is 18.8 Å². The Morgan fingerprint density at radius 3 is 2.95 bits per heavy atom. The Balaban J connectivity index is 2.05. The van der Waals surface area contributed by atoms with E-state index in [1.54, 1.807) is 12.1 Å². The van der Waals surface area contributed by atoms with Gasteiger partial charge >= 0.3 is 0 Å². The Morgan fingerprint density at radius 2 is 2.30 bits per heavy atom. The van der Waals surface area contributed by atoms with Gasteiger partial charge in [-0.3, -0.25) is 10.1 Å². The first-order chi connectivity index (χ1) is 9.47. The van der Waals surface area contributed by atoms with Gasteiger partial charge in [-0.15, -0.1) is 0 Å². The largest absolute Gasteiger partial charge is 0.382 e. The van der Waals surface area contributed by atoms with E-state index >= 15 is 0 Å². The van der Waals surface area contributed by atoms with Gasteiger partial charge in [-0.1, -0.05) is 11.6 Å². The van der Waals surface area contributed by atoms with Crippen molar-refractivity contribution in [1.82, 2.24) is 4.90 Å². The molecule has 0 spiro atoms. The summed E-state index contributed by atoms with van der Waals surface area (Å²) in [5.74, 6) is 0.559. The summed E-state index contributed by atoms with van der Waals surface area (Å²) in [6, 6.07) is 5.14. The fourth-order valence-corrected chi connectivity index (χ4v) is 2.92. The lowest BCUT2D eigenvalue weighted by Gasteiger charge is -2.34. The molecule has 0 bridgehead atoms. The number of halogens is 1. The molecule has 0 aromatic heterocycles. The topological polar surface area (TPSA) is 58.4 Å². The molecule has 20 heavy (non-hydrogen) atoms. The fourth-order valence-electron chi connectivity index (χ4n) is 2.74. The summed E-state index contributed by atoms with van der Waals surface area (Å²) in [4.78, 5) is 12.8. The van der Waals surface area contributed by atoms with E-state index in [4.69, 9.17) is 11.6 Å². The molecular formula is C14H20ClN3O2. The van der Waals surface area contributed by atoms with Crippen molar-refractivity contribution in [3.8, 4) is 0 Å². The van der Waals surface area contributed by atoms with Crippen LogP contribution >= 0.6 is 11.6 Å². The van der Waals surface area contributed by atoms with Crippen molar-refractivity contribution in [3.05, 3.63) is 33.3 Å². The molecule has 0 saturated carbocycles. The first-order valence-corrected chi connectivity index (χ1v) is 7.24. The lowest BCUT2D eigenvalue weighted by Crippen LogP contribution is -2.39. The highest BCUT2D eigenvalue weighted by atomic mass is 35.5. The molecule has 1 fully saturated rings. The summed E-state index contributed by atoms with van der Waals surface area (Å²) in [5.41, 5.74) is 0.700. The lowest BCUT2D eigenvalue weighted by molar-refractivity contribution is -0.384. The van der Waals surface area contributed by atoms with E-state index < -0.39 is 4.92 Å². The van der Waals surface area contributed by atoms with Crippen LogP contribution in [0.4, 0.5) is 11.4 Å². The molecule has 1 aliphatic rings. The van der Waals surface area contributed by atoms with Gasteiger partial charge in [0.2, 0.25) is 0 Å². The molecular weight excluding hydrogens is 278 g/mol. The smallest absolute Gasteiger partial charge is 0.289 e. The summed E-state index contributed by atoms with van der Waals surface area (Å²) in [6.07, 6.45) is 2.39. The van der Waals surface area contributed by atoms with Crippen molar-refractivity contribution in [3.63, 3.8) is 0 Å². The third-order valence-electron chi connectivity index (χ3n) is 3.91. The van der Waals surface area contributed by atoms with Crippen LogP contribution in [-0.2, 0) is 0 Å². The molecule has 1 aliphatic heterocycles. The molecule has 1 heterocycles. The van der Waals surface area contributed by atoms with Crippen LogP contribution in [0.3, 0.4) is 0 Å². The second-order valence-corrected chi connectivity index (χ2v) is 5.93. The Morgan fingerprint density at radius 1 is 1.55 bits per heavy atom. The lowest BCUT2D eigenvalue weighted by atomic mass is 9.92. The summed E-state index contributed by atoms with van der Waals surface area (Å²) in [6.45, 7) is 4.34. The quantitative estimate of drug-likeness (QED) is 0.683. The van der Waals surface area contributed by atoms with Gasteiger partial charge in [0.25, 0.3) is 5.69 Å². The first-order valence-electron chi connectivity index (χ1n) is 6.86. The molecule has 1 aromatic rings. The summed E-state index contributed by atoms with van der Waals surface area (Å²) >= 11 is 5.82. The Hall–Kier alpha value is -1.33. The average Bonchev–Trinajstić information content (AvgIpc) is 2.40. The van der Waals surface area contributed by atoms with Crippen LogP contribution in [0.5, 0.6) is 0 Å². The van der Waals surface area contributed by atoms with Crippen molar-refractivity contribution in [2.24, 2.45) is 5.92 Å². The molecule has 2 atom stereocenters. The minimum Gasteiger partial charge on any atom is -0.382 e. The molecule has 0 aliphatic carbocycles. The number of nitrogens with zero attached hydrogens (tertiary/aromatic N) is 2. The number of nitro groups is 1. The number of benzene rings is 1. The van der Waals surface area contributed by atoms with Gasteiger partial charge < -0.3 is 10.2 Å². The Kier molecular flexibility index (Phi) is 4.83. The molecule has 1 N–H and O–H groups in total. The van der Waals surface area contributed by atoms with Crippen molar-refractivity contribution >= 4 is 23.0 Å². The van der Waals surface area contributed by atoms with Gasteiger partial charge in [-0.2, -0.15) is 0 Å². The molecule has 1 saturated heterocycles. The average molecular weight is 298 g/mol. The molecule has 2 rings (SSSR count). The number of hydrogen-bond acceptors (Lipinski definition) is 4. The maximum absolute atomic E-state index is 10.9. The fraction of sp³-hybridized carbons (Fsp3) is 0.571. The molecule has 2 unspecified atom stereocenters. The Labute approximate surface area is 124 Å². The zero-order valence-electron chi connectivity index (χ0n) is 11.8. The number of anilines is 1. The highest BCUT2D eigenvalue weighted by Gasteiger charge is 2.23. The molecule has 1 aromatic carbocycles. The molecule has 110 valence electrons. The number of piperidine rings is 1. The van der Waals surface area contributed by atoms with Crippen LogP contribution < -0.4 is 5.32 Å². The van der Waals surface area contributed by atoms with Crippen LogP contribution in [0, 0.1) is 16.0 Å². The van der Waals surface area contributed by atoms with Gasteiger partial charge in [-0.25, -0.2) is 0 Å². The van der Waals surface area contributed by atoms with E-state index in [9.17, 15) is 10.1 Å². The van der Waals surface area contributed by atoms with E-state index in [2.05, 4.69) is 24.2 Å². The molecule has 5 nitrogen and oxygen atoms in total. The van der Waals surface area contributed by atoms with Crippen molar-refractivity contribution in [2.45, 2.75) is 25.8 Å². The van der Waals surface area contributed by atoms with Crippen molar-refractivity contribution in [2.75, 3.05) is 25.5 Å². The van der Waals surface area contributed by atoms with E-state index in [1.807, 2.05) is 0 Å². The van der Waals surface area contributed by atoms with E-state index in [1.165, 1.54) is 18.9 Å². The molecule has 0 amide bonds. The van der Waals surface area contributed by atoms with E-state index in [-0.39, 0.29) is 16.8 Å².